The molecule has 0 radical (unpaired) electrons. The van der Waals surface area contributed by atoms with Crippen LogP contribution in [0.25, 0.3) is 11.0 Å². The number of nitrogens with zero attached hydrogens (tertiary/aromatic N) is 2. The summed E-state index contributed by atoms with van der Waals surface area (Å²) in [6, 6.07) is 3.54. The maximum atomic E-state index is 11.3. The van der Waals surface area contributed by atoms with Crippen molar-refractivity contribution in [3.63, 3.8) is 0 Å². The number of ketones is 1. The molecule has 0 fully saturated rings. The highest BCUT2D eigenvalue weighted by molar-refractivity contribution is 6.05. The second-order valence-corrected chi connectivity index (χ2v) is 2.60. The van der Waals surface area contributed by atoms with Gasteiger partial charge in [0.25, 0.3) is 0 Å². The van der Waals surface area contributed by atoms with Crippen LogP contribution in [0.3, 0.4) is 0 Å². The minimum atomic E-state index is -0.157. The van der Waals surface area contributed by atoms with Gasteiger partial charge < -0.3 is 5.73 Å². The Kier molecular flexibility index (Phi) is 1.79. The lowest BCUT2D eigenvalue weighted by Gasteiger charge is -1.91. The van der Waals surface area contributed by atoms with Gasteiger partial charge in [0, 0.05) is 11.6 Å². The fraction of sp³-hybridized carbons (Fsp3) is 0.125. The third-order valence-electron chi connectivity index (χ3n) is 1.79. The van der Waals surface area contributed by atoms with Gasteiger partial charge in [-0.25, -0.2) is 4.98 Å². The van der Waals surface area contributed by atoms with E-state index < -0.39 is 0 Å². The zero-order chi connectivity index (χ0) is 9.26. The number of fused-ring (bicyclic) bond motifs is 1. The van der Waals surface area contributed by atoms with E-state index >= 15 is 0 Å². The Morgan fingerprint density at radius 2 is 2.46 bits per heavy atom. The highest BCUT2D eigenvalue weighted by Gasteiger charge is 2.11. The SMILES string of the molecule is NCC(=O)c1[nH]nc2ncccc12. The second-order valence-electron chi connectivity index (χ2n) is 2.60. The van der Waals surface area contributed by atoms with Crippen LogP contribution in [-0.4, -0.2) is 27.5 Å². The van der Waals surface area contributed by atoms with E-state index in [1.165, 1.54) is 0 Å². The lowest BCUT2D eigenvalue weighted by Crippen LogP contribution is -2.14. The number of nitrogens with one attached hydrogen (secondary N) is 1. The highest BCUT2D eigenvalue weighted by atomic mass is 16.1. The molecule has 5 nitrogen and oxygen atoms in total. The molecular weight excluding hydrogens is 168 g/mol. The van der Waals surface area contributed by atoms with E-state index in [0.717, 1.165) is 5.39 Å². The zero-order valence-electron chi connectivity index (χ0n) is 6.82. The normalized spacial score (nSPS) is 10.5. The largest absolute Gasteiger partial charge is 0.324 e. The lowest BCUT2D eigenvalue weighted by atomic mass is 10.2. The summed E-state index contributed by atoms with van der Waals surface area (Å²) in [5, 5.41) is 7.22. The molecule has 5 heteroatoms. The Hall–Kier alpha value is -1.75. The second kappa shape index (κ2) is 2.95. The van der Waals surface area contributed by atoms with Gasteiger partial charge in [0.2, 0.25) is 0 Å². The Morgan fingerprint density at radius 3 is 3.23 bits per heavy atom. The average Bonchev–Trinajstić information content (AvgIpc) is 2.60. The molecule has 0 spiro atoms. The van der Waals surface area contributed by atoms with E-state index in [1.54, 1.807) is 18.3 Å². The summed E-state index contributed by atoms with van der Waals surface area (Å²) < 4.78 is 0. The first-order valence-corrected chi connectivity index (χ1v) is 3.85. The van der Waals surface area contributed by atoms with E-state index in [-0.39, 0.29) is 12.3 Å². The van der Waals surface area contributed by atoms with Crippen LogP contribution in [0.2, 0.25) is 0 Å². The van der Waals surface area contributed by atoms with E-state index in [1.807, 2.05) is 0 Å². The molecule has 13 heavy (non-hydrogen) atoms. The van der Waals surface area contributed by atoms with Crippen LogP contribution in [0.5, 0.6) is 0 Å². The van der Waals surface area contributed by atoms with Gasteiger partial charge in [-0.2, -0.15) is 5.10 Å². The van der Waals surface area contributed by atoms with Gasteiger partial charge in [-0.15, -0.1) is 0 Å². The molecule has 0 amide bonds. The number of rotatable bonds is 2. The number of aromatic nitrogens is 3. The van der Waals surface area contributed by atoms with Gasteiger partial charge in [0.15, 0.2) is 11.4 Å². The highest BCUT2D eigenvalue weighted by Crippen LogP contribution is 2.12. The third-order valence-corrected chi connectivity index (χ3v) is 1.79. The molecule has 0 saturated heterocycles. The van der Waals surface area contributed by atoms with Crippen LogP contribution < -0.4 is 5.73 Å². The van der Waals surface area contributed by atoms with E-state index in [2.05, 4.69) is 15.2 Å². The Labute approximate surface area is 74.0 Å². The topological polar surface area (TPSA) is 84.7 Å². The van der Waals surface area contributed by atoms with Crippen molar-refractivity contribution in [3.05, 3.63) is 24.0 Å². The van der Waals surface area contributed by atoms with Crippen molar-refractivity contribution in [2.75, 3.05) is 6.54 Å². The van der Waals surface area contributed by atoms with Crippen molar-refractivity contribution in [1.82, 2.24) is 15.2 Å². The molecule has 0 unspecified atom stereocenters. The zero-order valence-corrected chi connectivity index (χ0v) is 6.82. The first-order valence-electron chi connectivity index (χ1n) is 3.85. The number of nitrogens with two attached hydrogens (primary N) is 1. The summed E-state index contributed by atoms with van der Waals surface area (Å²) in [5.74, 6) is -0.157. The number of carbonyl (C=O) groups is 1. The van der Waals surface area contributed by atoms with Crippen LogP contribution in [0.1, 0.15) is 10.5 Å². The van der Waals surface area contributed by atoms with Crippen LogP contribution in [0.4, 0.5) is 0 Å². The maximum Gasteiger partial charge on any atom is 0.194 e. The first-order chi connectivity index (χ1) is 6.33. The van der Waals surface area contributed by atoms with Gasteiger partial charge in [-0.3, -0.25) is 9.89 Å². The minimum absolute atomic E-state index is 0.0216. The van der Waals surface area contributed by atoms with Gasteiger partial charge in [0.1, 0.15) is 5.69 Å². The number of hydrogen-bond acceptors (Lipinski definition) is 4. The fourth-order valence-corrected chi connectivity index (χ4v) is 1.16. The van der Waals surface area contributed by atoms with Crippen LogP contribution in [-0.2, 0) is 0 Å². The molecule has 2 aromatic heterocycles. The van der Waals surface area contributed by atoms with Crippen molar-refractivity contribution in [3.8, 4) is 0 Å². The number of pyridine rings is 1. The first kappa shape index (κ1) is 7.88. The molecule has 2 rings (SSSR count). The summed E-state index contributed by atoms with van der Waals surface area (Å²) in [4.78, 5) is 15.2. The number of H-pyrrole nitrogens is 1. The molecule has 0 aliphatic heterocycles. The standard InChI is InChI=1S/C8H8N4O/c9-4-6(13)7-5-2-1-3-10-8(5)12-11-7/h1-3H,4,9H2,(H,10,11,12). The molecule has 3 N–H and O–H groups in total. The Balaban J connectivity index is 2.64. The number of Topliss-reactive ketones (excluding diaryl/α,β-unsaturated/α-hetero) is 1. The molecule has 0 saturated carbocycles. The summed E-state index contributed by atoms with van der Waals surface area (Å²) >= 11 is 0. The molecule has 2 aromatic rings. The molecular formula is C8H8N4O. The van der Waals surface area contributed by atoms with Gasteiger partial charge in [0.05, 0.1) is 6.54 Å². The molecule has 0 bridgehead atoms. The summed E-state index contributed by atoms with van der Waals surface area (Å²) in [5.41, 5.74) is 6.21. The van der Waals surface area contributed by atoms with E-state index in [0.29, 0.717) is 11.3 Å². The molecule has 0 aliphatic carbocycles. The van der Waals surface area contributed by atoms with Crippen LogP contribution in [0.15, 0.2) is 18.3 Å². The predicted molar refractivity (Wildman–Crippen MR) is 47.3 cm³/mol. The van der Waals surface area contributed by atoms with Crippen molar-refractivity contribution >= 4 is 16.8 Å². The van der Waals surface area contributed by atoms with Crippen LogP contribution in [0, 0.1) is 0 Å². The van der Waals surface area contributed by atoms with Crippen molar-refractivity contribution < 1.29 is 4.79 Å². The molecule has 2 heterocycles. The maximum absolute atomic E-state index is 11.3. The summed E-state index contributed by atoms with van der Waals surface area (Å²) in [6.07, 6.45) is 1.62. The summed E-state index contributed by atoms with van der Waals surface area (Å²) in [7, 11) is 0. The molecule has 66 valence electrons. The van der Waals surface area contributed by atoms with Gasteiger partial charge >= 0.3 is 0 Å². The van der Waals surface area contributed by atoms with Crippen LogP contribution >= 0.6 is 0 Å². The molecule has 0 aromatic carbocycles. The number of hydrogen-bond donors (Lipinski definition) is 2. The quantitative estimate of drug-likeness (QED) is 0.635. The summed E-state index contributed by atoms with van der Waals surface area (Å²) in [6.45, 7) is -0.0216. The molecule has 0 atom stereocenters. The van der Waals surface area contributed by atoms with Gasteiger partial charge in [-0.05, 0) is 12.1 Å². The van der Waals surface area contributed by atoms with Crippen molar-refractivity contribution in [2.45, 2.75) is 0 Å². The Morgan fingerprint density at radius 1 is 1.62 bits per heavy atom. The van der Waals surface area contributed by atoms with E-state index in [4.69, 9.17) is 5.73 Å². The minimum Gasteiger partial charge on any atom is -0.324 e. The average molecular weight is 176 g/mol. The Bertz CT molecular complexity index is 448. The number of carbonyl (C=O) groups excluding carboxylic acids is 1. The predicted octanol–water partition coefficient (Wildman–Crippen LogP) is 0.0993. The fourth-order valence-electron chi connectivity index (χ4n) is 1.16. The lowest BCUT2D eigenvalue weighted by molar-refractivity contribution is 0.0998. The number of aromatic amines is 1. The third kappa shape index (κ3) is 1.19. The van der Waals surface area contributed by atoms with E-state index in [9.17, 15) is 4.79 Å². The van der Waals surface area contributed by atoms with Crippen molar-refractivity contribution in [2.24, 2.45) is 5.73 Å². The van der Waals surface area contributed by atoms with Crippen molar-refractivity contribution in [1.29, 1.82) is 0 Å². The molecule has 0 aliphatic rings. The monoisotopic (exact) mass is 176 g/mol. The smallest absolute Gasteiger partial charge is 0.194 e. The van der Waals surface area contributed by atoms with Gasteiger partial charge in [-0.1, -0.05) is 0 Å².